The smallest absolute Gasteiger partial charge is 0.340 e. The van der Waals surface area contributed by atoms with Crippen LogP contribution in [0.4, 0.5) is 29.1 Å². The summed E-state index contributed by atoms with van der Waals surface area (Å²) in [5.41, 5.74) is 0.405. The molecule has 2 heterocycles. The number of anilines is 2. The van der Waals surface area contributed by atoms with Gasteiger partial charge in [0.15, 0.2) is 0 Å². The zero-order valence-electron chi connectivity index (χ0n) is 15.9. The summed E-state index contributed by atoms with van der Waals surface area (Å²) in [6.07, 6.45) is -4.43. The predicted octanol–water partition coefficient (Wildman–Crippen LogP) is 5.29. The van der Waals surface area contributed by atoms with E-state index in [0.29, 0.717) is 35.9 Å². The molecule has 0 bridgehead atoms. The van der Waals surface area contributed by atoms with Crippen LogP contribution in [0.25, 0.3) is 11.3 Å². The summed E-state index contributed by atoms with van der Waals surface area (Å²) >= 11 is 0. The first kappa shape index (κ1) is 19.4. The fraction of sp³-hybridized carbons (Fsp3) is 0.286. The van der Waals surface area contributed by atoms with E-state index in [0.717, 1.165) is 18.0 Å². The number of nitrogens with zero attached hydrogens (tertiary/aromatic N) is 2. The van der Waals surface area contributed by atoms with Crippen molar-refractivity contribution in [3.05, 3.63) is 65.7 Å². The van der Waals surface area contributed by atoms with Crippen LogP contribution in [-0.2, 0) is 18.3 Å². The van der Waals surface area contributed by atoms with Crippen LogP contribution in [0.3, 0.4) is 0 Å². The average molecular weight is 404 g/mol. The second kappa shape index (κ2) is 6.88. The number of hydrogen-bond donors (Lipinski definition) is 2. The minimum absolute atomic E-state index is 0.308. The molecular weight excluding hydrogens is 384 g/mol. The molecule has 0 spiro atoms. The Morgan fingerprint density at radius 2 is 1.83 bits per heavy atom. The van der Waals surface area contributed by atoms with Gasteiger partial charge in [-0.25, -0.2) is 9.37 Å². The SMILES string of the molecule is CC1(C)NCCn2c1nc(-c1ccc(F)cc1)c2Nc1cccc(C(F)(F)F)c1. The number of aromatic nitrogens is 2. The molecule has 0 fully saturated rings. The Morgan fingerprint density at radius 1 is 1.10 bits per heavy atom. The normalized spacial score (nSPS) is 15.8. The maximum atomic E-state index is 13.4. The summed E-state index contributed by atoms with van der Waals surface area (Å²) in [5, 5.41) is 6.51. The minimum Gasteiger partial charge on any atom is -0.340 e. The molecule has 1 aliphatic rings. The molecule has 4 rings (SSSR count). The number of benzene rings is 2. The van der Waals surface area contributed by atoms with Crippen molar-refractivity contribution >= 4 is 11.5 Å². The second-order valence-electron chi connectivity index (χ2n) is 7.55. The molecule has 0 radical (unpaired) electrons. The Labute approximate surface area is 165 Å². The number of fused-ring (bicyclic) bond motifs is 1. The lowest BCUT2D eigenvalue weighted by Crippen LogP contribution is -2.45. The van der Waals surface area contributed by atoms with Crippen molar-refractivity contribution in [2.75, 3.05) is 11.9 Å². The largest absolute Gasteiger partial charge is 0.416 e. The Bertz CT molecular complexity index is 1040. The number of halogens is 4. The van der Waals surface area contributed by atoms with Gasteiger partial charge < -0.3 is 15.2 Å². The average Bonchev–Trinajstić information content (AvgIpc) is 3.02. The molecule has 0 unspecified atom stereocenters. The van der Waals surface area contributed by atoms with Crippen molar-refractivity contribution in [1.29, 1.82) is 0 Å². The Morgan fingerprint density at radius 3 is 2.52 bits per heavy atom. The van der Waals surface area contributed by atoms with E-state index in [4.69, 9.17) is 4.98 Å². The summed E-state index contributed by atoms with van der Waals surface area (Å²) < 4.78 is 54.7. The van der Waals surface area contributed by atoms with E-state index in [9.17, 15) is 17.6 Å². The van der Waals surface area contributed by atoms with Crippen LogP contribution in [0.2, 0.25) is 0 Å². The Hall–Kier alpha value is -2.87. The van der Waals surface area contributed by atoms with Gasteiger partial charge in [-0.2, -0.15) is 13.2 Å². The van der Waals surface area contributed by atoms with Gasteiger partial charge in [-0.1, -0.05) is 6.07 Å². The molecule has 2 N–H and O–H groups in total. The van der Waals surface area contributed by atoms with Crippen molar-refractivity contribution in [2.24, 2.45) is 0 Å². The zero-order chi connectivity index (χ0) is 20.8. The van der Waals surface area contributed by atoms with Crippen LogP contribution in [0.5, 0.6) is 0 Å². The summed E-state index contributed by atoms with van der Waals surface area (Å²) in [5.74, 6) is 0.977. The highest BCUT2D eigenvalue weighted by Crippen LogP contribution is 2.37. The first-order valence-corrected chi connectivity index (χ1v) is 9.21. The second-order valence-corrected chi connectivity index (χ2v) is 7.55. The van der Waals surface area contributed by atoms with E-state index < -0.39 is 17.3 Å². The summed E-state index contributed by atoms with van der Waals surface area (Å²) in [4.78, 5) is 4.76. The summed E-state index contributed by atoms with van der Waals surface area (Å²) in [6, 6.07) is 10.9. The molecule has 0 saturated heterocycles. The molecule has 0 atom stereocenters. The van der Waals surface area contributed by atoms with Crippen molar-refractivity contribution < 1.29 is 17.6 Å². The van der Waals surface area contributed by atoms with Gasteiger partial charge in [0, 0.05) is 24.3 Å². The van der Waals surface area contributed by atoms with E-state index in [-0.39, 0.29) is 5.82 Å². The quantitative estimate of drug-likeness (QED) is 0.583. The standard InChI is InChI=1S/C21H20F4N4/c1-20(2)19-28-17(13-6-8-15(22)9-7-13)18(29(19)11-10-26-20)27-16-5-3-4-14(12-16)21(23,24)25/h3-9,12,26-27H,10-11H2,1-2H3. The van der Waals surface area contributed by atoms with Crippen LogP contribution in [-0.4, -0.2) is 16.1 Å². The topological polar surface area (TPSA) is 41.9 Å². The van der Waals surface area contributed by atoms with Crippen molar-refractivity contribution in [3.63, 3.8) is 0 Å². The van der Waals surface area contributed by atoms with Gasteiger partial charge in [0.2, 0.25) is 0 Å². The van der Waals surface area contributed by atoms with Crippen molar-refractivity contribution in [1.82, 2.24) is 14.9 Å². The molecule has 2 aromatic carbocycles. The number of rotatable bonds is 3. The number of hydrogen-bond acceptors (Lipinski definition) is 3. The lowest BCUT2D eigenvalue weighted by Gasteiger charge is -2.32. The van der Waals surface area contributed by atoms with Crippen molar-refractivity contribution in [3.8, 4) is 11.3 Å². The van der Waals surface area contributed by atoms with Gasteiger partial charge in [-0.3, -0.25) is 0 Å². The molecule has 8 heteroatoms. The van der Waals surface area contributed by atoms with Crippen molar-refractivity contribution in [2.45, 2.75) is 32.1 Å². The van der Waals surface area contributed by atoms with Gasteiger partial charge >= 0.3 is 6.18 Å². The fourth-order valence-electron chi connectivity index (χ4n) is 3.55. The molecule has 4 nitrogen and oxygen atoms in total. The van der Waals surface area contributed by atoms with E-state index in [1.807, 2.05) is 18.4 Å². The lowest BCUT2D eigenvalue weighted by atomic mass is 10.0. The molecular formula is C21H20F4N4. The highest BCUT2D eigenvalue weighted by Gasteiger charge is 2.34. The van der Waals surface area contributed by atoms with E-state index in [1.165, 1.54) is 18.2 Å². The van der Waals surface area contributed by atoms with Gasteiger partial charge in [0.1, 0.15) is 23.2 Å². The first-order chi connectivity index (χ1) is 13.6. The molecule has 29 heavy (non-hydrogen) atoms. The Balaban J connectivity index is 1.84. The maximum Gasteiger partial charge on any atom is 0.416 e. The monoisotopic (exact) mass is 404 g/mol. The number of alkyl halides is 3. The van der Waals surface area contributed by atoms with Gasteiger partial charge in [-0.05, 0) is 56.3 Å². The predicted molar refractivity (Wildman–Crippen MR) is 103 cm³/mol. The lowest BCUT2D eigenvalue weighted by molar-refractivity contribution is -0.137. The van der Waals surface area contributed by atoms with Gasteiger partial charge in [0.05, 0.1) is 11.1 Å². The van der Waals surface area contributed by atoms with Crippen LogP contribution >= 0.6 is 0 Å². The summed E-state index contributed by atoms with van der Waals surface area (Å²) in [7, 11) is 0. The van der Waals surface area contributed by atoms with E-state index >= 15 is 0 Å². The van der Waals surface area contributed by atoms with E-state index in [2.05, 4.69) is 10.6 Å². The van der Waals surface area contributed by atoms with Gasteiger partial charge in [-0.15, -0.1) is 0 Å². The zero-order valence-corrected chi connectivity index (χ0v) is 15.9. The third-order valence-electron chi connectivity index (χ3n) is 5.00. The third kappa shape index (κ3) is 3.72. The van der Waals surface area contributed by atoms with Crippen LogP contribution < -0.4 is 10.6 Å². The molecule has 0 saturated carbocycles. The van der Waals surface area contributed by atoms with Gasteiger partial charge in [0.25, 0.3) is 0 Å². The highest BCUT2D eigenvalue weighted by molar-refractivity contribution is 5.77. The molecule has 1 aliphatic heterocycles. The number of nitrogens with one attached hydrogen (secondary N) is 2. The van der Waals surface area contributed by atoms with Crippen LogP contribution in [0.15, 0.2) is 48.5 Å². The van der Waals surface area contributed by atoms with Crippen LogP contribution in [0.1, 0.15) is 25.2 Å². The summed E-state index contributed by atoms with van der Waals surface area (Å²) in [6.45, 7) is 5.28. The highest BCUT2D eigenvalue weighted by atomic mass is 19.4. The maximum absolute atomic E-state index is 13.4. The molecule has 3 aromatic rings. The minimum atomic E-state index is -4.43. The Kier molecular flexibility index (Phi) is 4.61. The van der Waals surface area contributed by atoms with E-state index in [1.54, 1.807) is 18.2 Å². The van der Waals surface area contributed by atoms with Crippen LogP contribution in [0, 0.1) is 5.82 Å². The molecule has 152 valence electrons. The first-order valence-electron chi connectivity index (χ1n) is 9.21. The molecule has 0 amide bonds. The number of imidazole rings is 1. The third-order valence-corrected chi connectivity index (χ3v) is 5.00. The molecule has 0 aliphatic carbocycles. The fourth-order valence-corrected chi connectivity index (χ4v) is 3.55. The molecule has 1 aromatic heterocycles.